The standard InChI is InChI=1S/C27H29N5O6S.C22H22N2O4.C18H15ClN2O6S2/c1-27(2,3)18-10-12-19(13-11-18)39(34,35)32-23-22(38-21-9-6-5-8-20(21)36-4)26(37-17-16-33)31-25(30-23)24-28-14-7-15-29-24;1-15-14-16(2)24-21(23-15)28-19(20(25)26)22(27-3,17-10-6-4-7-11-17)18-12-8-5-9-13-18;1-9-5-13-14(26-8-25-13)7-11(9)6-12(22)17-15(3-4-28-17)29(23,24)21-18-16(19)10(2)20-27-18/h5-15,33H,16-17H2,1-4H3,(H,30,31,32);4-14,19H,1-3H3,(H,25,26);3-5,7,21H,6,8H2,1-2H3/t;19-;/m.1./s1. The van der Waals surface area contributed by atoms with E-state index in [4.69, 9.17) is 49.3 Å². The maximum atomic E-state index is 13.5. The van der Waals surface area contributed by atoms with Crippen LogP contribution in [0.4, 0.5) is 11.7 Å². The summed E-state index contributed by atoms with van der Waals surface area (Å²) in [6.45, 7) is 12.8. The summed E-state index contributed by atoms with van der Waals surface area (Å²) in [4.78, 5) is 50.8. The number of hydrogen-bond acceptors (Lipinski definition) is 23. The van der Waals surface area contributed by atoms with Crippen molar-refractivity contribution in [3.63, 3.8) is 0 Å². The fourth-order valence-electron chi connectivity index (χ4n) is 9.66. The molecule has 10 aromatic rings. The fourth-order valence-corrected chi connectivity index (χ4v) is 13.2. The van der Waals surface area contributed by atoms with Crippen LogP contribution in [-0.2, 0) is 47.0 Å². The highest BCUT2D eigenvalue weighted by molar-refractivity contribution is 7.93. The molecule has 0 amide bonds. The van der Waals surface area contributed by atoms with E-state index >= 15 is 0 Å². The van der Waals surface area contributed by atoms with Crippen LogP contribution in [0, 0.1) is 27.7 Å². The predicted molar refractivity (Wildman–Crippen MR) is 356 cm³/mol. The van der Waals surface area contributed by atoms with Gasteiger partial charge in [0.25, 0.3) is 31.8 Å². The van der Waals surface area contributed by atoms with Gasteiger partial charge in [-0.05, 0) is 121 Å². The average molecular weight is 1380 g/mol. The van der Waals surface area contributed by atoms with E-state index < -0.39 is 37.7 Å². The van der Waals surface area contributed by atoms with E-state index in [1.54, 1.807) is 86.8 Å². The molecule has 0 radical (unpaired) electrons. The molecule has 29 heteroatoms. The number of carboxylic acid groups (broad SMARTS) is 1. The minimum Gasteiger partial charge on any atom is -0.493 e. The Morgan fingerprint density at radius 3 is 1.91 bits per heavy atom. The number of para-hydroxylation sites is 2. The maximum Gasteiger partial charge on any atom is 0.348 e. The molecule has 1 atom stereocenters. The third kappa shape index (κ3) is 16.5. The zero-order chi connectivity index (χ0) is 69.0. The molecular weight excluding hydrogens is 1320 g/mol. The first-order valence-corrected chi connectivity index (χ1v) is 33.5. The van der Waals surface area contributed by atoms with Gasteiger partial charge in [0.1, 0.15) is 22.2 Å². The minimum atomic E-state index is -4.14. The number of aliphatic hydroxyl groups is 1. The van der Waals surface area contributed by atoms with Crippen molar-refractivity contribution >= 4 is 66.4 Å². The van der Waals surface area contributed by atoms with E-state index in [2.05, 4.69) is 44.5 Å². The number of aromatic nitrogens is 7. The van der Waals surface area contributed by atoms with Crippen molar-refractivity contribution in [3.05, 3.63) is 212 Å². The number of nitrogens with one attached hydrogen (secondary N) is 2. The van der Waals surface area contributed by atoms with Gasteiger partial charge in [-0.2, -0.15) is 4.98 Å². The summed E-state index contributed by atoms with van der Waals surface area (Å²) in [6.07, 6.45) is 1.61. The van der Waals surface area contributed by atoms with Crippen LogP contribution < -0.4 is 37.9 Å². The van der Waals surface area contributed by atoms with Crippen molar-refractivity contribution in [2.24, 2.45) is 0 Å². The number of Topliss-reactive ketones (excluding diaryl/α,β-unsaturated/α-hetero) is 1. The summed E-state index contributed by atoms with van der Waals surface area (Å²) in [6, 6.07) is 40.0. The van der Waals surface area contributed by atoms with Crippen LogP contribution in [0.2, 0.25) is 5.02 Å². The van der Waals surface area contributed by atoms with Gasteiger partial charge in [-0.1, -0.05) is 122 Å². The van der Waals surface area contributed by atoms with Crippen LogP contribution in [0.25, 0.3) is 11.6 Å². The Balaban J connectivity index is 0.000000172. The summed E-state index contributed by atoms with van der Waals surface area (Å²) < 4.78 is 102. The molecule has 0 spiro atoms. The number of methoxy groups -OCH3 is 2. The number of carbonyl (C=O) groups is 2. The predicted octanol–water partition coefficient (Wildman–Crippen LogP) is 11.7. The molecule has 0 unspecified atom stereocenters. The van der Waals surface area contributed by atoms with Crippen LogP contribution in [0.5, 0.6) is 40.6 Å². The number of sulfonamides is 2. The number of ether oxygens (including phenoxy) is 7. The lowest BCUT2D eigenvalue weighted by Crippen LogP contribution is -2.50. The molecule has 96 heavy (non-hydrogen) atoms. The molecular formula is C67H66ClN9O16S3. The summed E-state index contributed by atoms with van der Waals surface area (Å²) in [5.41, 5.74) is 4.06. The van der Waals surface area contributed by atoms with Crippen molar-refractivity contribution in [1.82, 2.24) is 35.1 Å². The van der Waals surface area contributed by atoms with Crippen molar-refractivity contribution in [2.45, 2.75) is 81.8 Å². The smallest absolute Gasteiger partial charge is 0.348 e. The Bertz CT molecular complexity index is 4540. The quantitative estimate of drug-likeness (QED) is 0.0432. The van der Waals surface area contributed by atoms with E-state index in [1.807, 2.05) is 88.4 Å². The number of nitrogens with zero attached hydrogens (tertiary/aromatic N) is 7. The summed E-state index contributed by atoms with van der Waals surface area (Å²) >= 11 is 7.03. The lowest BCUT2D eigenvalue weighted by atomic mass is 9.81. The number of rotatable bonds is 23. The number of aliphatic carboxylic acids is 1. The third-order valence-corrected chi connectivity index (χ3v) is 18.6. The van der Waals surface area contributed by atoms with Crippen molar-refractivity contribution < 1.29 is 74.3 Å². The Labute approximate surface area is 562 Å². The first kappa shape index (κ1) is 70.2. The van der Waals surface area contributed by atoms with E-state index in [9.17, 15) is 36.6 Å². The number of fused-ring (bicyclic) bond motifs is 1. The van der Waals surface area contributed by atoms with E-state index in [1.165, 1.54) is 44.8 Å². The number of thiophene rings is 1. The van der Waals surface area contributed by atoms with Crippen LogP contribution in [0.15, 0.2) is 172 Å². The first-order chi connectivity index (χ1) is 45.8. The van der Waals surface area contributed by atoms with Crippen LogP contribution in [0.1, 0.15) is 75.3 Å². The molecule has 5 aromatic carbocycles. The molecule has 500 valence electrons. The second-order valence-corrected chi connectivity index (χ2v) is 26.7. The second-order valence-electron chi connectivity index (χ2n) is 22.1. The Morgan fingerprint density at radius 2 is 1.33 bits per heavy atom. The van der Waals surface area contributed by atoms with Crippen LogP contribution in [0.3, 0.4) is 0 Å². The molecule has 11 rings (SSSR count). The van der Waals surface area contributed by atoms with E-state index in [0.29, 0.717) is 45.5 Å². The highest BCUT2D eigenvalue weighted by atomic mass is 35.5. The normalized spacial score (nSPS) is 12.2. The van der Waals surface area contributed by atoms with Gasteiger partial charge in [-0.25, -0.2) is 51.3 Å². The first-order valence-electron chi connectivity index (χ1n) is 29.2. The number of anilines is 2. The molecule has 6 heterocycles. The monoisotopic (exact) mass is 1380 g/mol. The van der Waals surface area contributed by atoms with Gasteiger partial charge < -0.3 is 47.9 Å². The van der Waals surface area contributed by atoms with E-state index in [0.717, 1.165) is 28.0 Å². The molecule has 1 aliphatic rings. The van der Waals surface area contributed by atoms with Gasteiger partial charge in [0.2, 0.25) is 24.5 Å². The Hall–Kier alpha value is -10.1. The number of hydrogen-bond donors (Lipinski definition) is 4. The number of carbonyl (C=O) groups excluding carboxylic acids is 1. The van der Waals surface area contributed by atoms with Crippen LogP contribution in [-0.4, -0.2) is 114 Å². The van der Waals surface area contributed by atoms with Gasteiger partial charge in [-0.15, -0.1) is 11.3 Å². The zero-order valence-electron chi connectivity index (χ0n) is 53.3. The number of carboxylic acids is 1. The fraction of sp³-hybridized carbons (Fsp3) is 0.239. The number of halogens is 1. The van der Waals surface area contributed by atoms with Gasteiger partial charge in [0, 0.05) is 37.3 Å². The van der Waals surface area contributed by atoms with Crippen LogP contribution >= 0.6 is 22.9 Å². The Kier molecular flexibility index (Phi) is 22.3. The largest absolute Gasteiger partial charge is 0.493 e. The number of aryl methyl sites for hydroxylation is 4. The zero-order valence-corrected chi connectivity index (χ0v) is 56.5. The molecule has 0 aliphatic carbocycles. The topological polar surface area (TPSA) is 335 Å². The molecule has 0 fully saturated rings. The molecule has 25 nitrogen and oxygen atoms in total. The van der Waals surface area contributed by atoms with Crippen molar-refractivity contribution in [2.75, 3.05) is 43.7 Å². The molecule has 0 bridgehead atoms. The summed E-state index contributed by atoms with van der Waals surface area (Å²) in [5.74, 6) is -0.247. The van der Waals surface area contributed by atoms with Crippen molar-refractivity contribution in [3.8, 4) is 52.3 Å². The minimum absolute atomic E-state index is 0.00168. The molecule has 4 N–H and O–H groups in total. The highest BCUT2D eigenvalue weighted by Crippen LogP contribution is 2.43. The van der Waals surface area contributed by atoms with Gasteiger partial charge in [0.15, 0.2) is 46.0 Å². The molecule has 1 aliphatic heterocycles. The number of benzene rings is 5. The SMILES string of the molecule is COC(c1ccccc1)(c1ccccc1)[C@H](Oc1nc(C)cc(C)n1)C(=O)O.COc1ccccc1Oc1c(NS(=O)(=O)c2ccc(C(C)(C)C)cc2)nc(-c2ncccn2)nc1OCCO.Cc1cc2c(cc1CC(=O)c1sccc1S(=O)(=O)Nc1onc(C)c1Cl)OCO2. The van der Waals surface area contributed by atoms with E-state index in [-0.39, 0.29) is 104 Å². The van der Waals surface area contributed by atoms with Gasteiger partial charge in [0.05, 0.1) is 23.5 Å². The molecule has 5 aromatic heterocycles. The highest BCUT2D eigenvalue weighted by Gasteiger charge is 2.49. The van der Waals surface area contributed by atoms with Gasteiger partial charge >= 0.3 is 12.0 Å². The molecule has 0 saturated carbocycles. The summed E-state index contributed by atoms with van der Waals surface area (Å²) in [7, 11) is -5.28. The second kappa shape index (κ2) is 30.5. The summed E-state index contributed by atoms with van der Waals surface area (Å²) in [5, 5.41) is 24.7. The third-order valence-electron chi connectivity index (χ3n) is 14.4. The van der Waals surface area contributed by atoms with Gasteiger partial charge in [-0.3, -0.25) is 9.52 Å². The Morgan fingerprint density at radius 1 is 0.719 bits per heavy atom. The maximum absolute atomic E-state index is 13.5. The average Bonchev–Trinajstić information content (AvgIpc) is 0.989. The number of ketones is 1. The lowest BCUT2D eigenvalue weighted by molar-refractivity contribution is -0.160. The molecule has 0 saturated heterocycles. The lowest BCUT2D eigenvalue weighted by Gasteiger charge is -2.37. The number of aliphatic hydroxyl groups excluding tert-OH is 1. The van der Waals surface area contributed by atoms with Crippen molar-refractivity contribution in [1.29, 1.82) is 0 Å².